The molecule has 5 N–H and O–H groups in total. The van der Waals surface area contributed by atoms with E-state index in [1.54, 1.807) is 6.07 Å². The van der Waals surface area contributed by atoms with E-state index in [0.717, 1.165) is 11.3 Å². The molecule has 1 amide bonds. The maximum absolute atomic E-state index is 13.2. The molecule has 154 valence electrons. The van der Waals surface area contributed by atoms with Crippen LogP contribution in [0.25, 0.3) is 10.6 Å². The third kappa shape index (κ3) is 4.77. The van der Waals surface area contributed by atoms with E-state index in [1.165, 1.54) is 17.5 Å². The summed E-state index contributed by atoms with van der Waals surface area (Å²) < 4.78 is 45.3. The van der Waals surface area contributed by atoms with Gasteiger partial charge in [0.25, 0.3) is 0 Å². The predicted octanol–water partition coefficient (Wildman–Crippen LogP) is 4.50. The van der Waals surface area contributed by atoms with Gasteiger partial charge in [0, 0.05) is 10.9 Å². The van der Waals surface area contributed by atoms with Crippen molar-refractivity contribution in [3.8, 4) is 16.3 Å². The van der Waals surface area contributed by atoms with E-state index in [4.69, 9.17) is 16.2 Å². The number of thiazole rings is 2. The summed E-state index contributed by atoms with van der Waals surface area (Å²) in [5.41, 5.74) is 10.5. The molecule has 0 atom stereocenters. The molecule has 0 radical (unpaired) electrons. The van der Waals surface area contributed by atoms with Gasteiger partial charge in [0.05, 0.1) is 22.4 Å². The van der Waals surface area contributed by atoms with Crippen LogP contribution in [0.15, 0.2) is 23.6 Å². The van der Waals surface area contributed by atoms with Crippen LogP contribution in [0.4, 0.5) is 29.1 Å². The van der Waals surface area contributed by atoms with E-state index in [9.17, 15) is 18.0 Å². The number of carbonyl (C=O) groups is 1. The number of nitrogens with one attached hydrogen (secondary N) is 1. The van der Waals surface area contributed by atoms with Gasteiger partial charge < -0.3 is 21.5 Å². The first-order valence-electron chi connectivity index (χ1n) is 8.21. The van der Waals surface area contributed by atoms with Gasteiger partial charge in [-0.3, -0.25) is 4.79 Å². The zero-order chi connectivity index (χ0) is 21.3. The van der Waals surface area contributed by atoms with Gasteiger partial charge in [-0.05, 0) is 32.0 Å². The molecule has 0 saturated heterocycles. The van der Waals surface area contributed by atoms with Crippen molar-refractivity contribution in [1.29, 1.82) is 0 Å². The number of anilines is 3. The summed E-state index contributed by atoms with van der Waals surface area (Å²) in [6, 6.07) is 4.60. The molecule has 0 spiro atoms. The van der Waals surface area contributed by atoms with Crippen molar-refractivity contribution in [3.63, 3.8) is 0 Å². The summed E-state index contributed by atoms with van der Waals surface area (Å²) >= 11 is 1.80. The van der Waals surface area contributed by atoms with Crippen LogP contribution in [0.5, 0.6) is 5.75 Å². The molecule has 0 aliphatic carbocycles. The number of rotatable bonds is 6. The van der Waals surface area contributed by atoms with Crippen LogP contribution >= 0.6 is 22.7 Å². The van der Waals surface area contributed by atoms with Crippen LogP contribution in [-0.2, 0) is 6.18 Å². The molecule has 0 bridgehead atoms. The first-order chi connectivity index (χ1) is 13.5. The fraction of sp³-hybridized carbons (Fsp3) is 0.235. The Morgan fingerprint density at radius 1 is 1.28 bits per heavy atom. The zero-order valence-electron chi connectivity index (χ0n) is 15.2. The van der Waals surface area contributed by atoms with Crippen LogP contribution in [0.2, 0.25) is 0 Å². The number of halogens is 3. The lowest BCUT2D eigenvalue weighted by Crippen LogP contribution is -2.12. The van der Waals surface area contributed by atoms with Crippen LogP contribution < -0.4 is 21.5 Å². The molecule has 3 rings (SSSR count). The number of amides is 1. The van der Waals surface area contributed by atoms with Crippen molar-refractivity contribution in [1.82, 2.24) is 9.97 Å². The van der Waals surface area contributed by atoms with Gasteiger partial charge in [-0.2, -0.15) is 13.2 Å². The molecule has 29 heavy (non-hydrogen) atoms. The van der Waals surface area contributed by atoms with Crippen molar-refractivity contribution >= 4 is 44.5 Å². The first-order valence-corrected chi connectivity index (χ1v) is 9.91. The summed E-state index contributed by atoms with van der Waals surface area (Å²) in [6.45, 7) is 3.67. The molecular formula is C17H16F3N5O2S2. The van der Waals surface area contributed by atoms with Crippen LogP contribution in [0.1, 0.15) is 29.9 Å². The third-order valence-electron chi connectivity index (χ3n) is 3.52. The molecule has 0 unspecified atom stereocenters. The zero-order valence-corrected chi connectivity index (χ0v) is 16.8. The highest BCUT2D eigenvalue weighted by Crippen LogP contribution is 2.42. The molecule has 2 heterocycles. The fourth-order valence-electron chi connectivity index (χ4n) is 2.39. The van der Waals surface area contributed by atoms with E-state index in [0.29, 0.717) is 27.9 Å². The van der Waals surface area contributed by atoms with E-state index in [1.807, 2.05) is 13.8 Å². The third-order valence-corrected chi connectivity index (χ3v) is 5.18. The molecule has 0 fully saturated rings. The van der Waals surface area contributed by atoms with Crippen LogP contribution in [0, 0.1) is 0 Å². The van der Waals surface area contributed by atoms with Gasteiger partial charge in [-0.1, -0.05) is 11.3 Å². The summed E-state index contributed by atoms with van der Waals surface area (Å²) in [4.78, 5) is 18.9. The standard InChI is InChI=1S/C17H16F3N5O2S2/c1-7(2)27-11-4-3-8(14(21)26)5-9(11)23-16-24-10(6-28-16)12-13(17(18,19)20)25-15(22)29-12/h3-7H,1-2H3,(H2,21,26)(H2,22,25)(H,23,24). The number of nitrogen functional groups attached to an aromatic ring is 1. The first kappa shape index (κ1) is 20.9. The Balaban J connectivity index is 1.95. The monoisotopic (exact) mass is 443 g/mol. The van der Waals surface area contributed by atoms with E-state index in [-0.39, 0.29) is 27.4 Å². The predicted molar refractivity (Wildman–Crippen MR) is 107 cm³/mol. The van der Waals surface area contributed by atoms with Gasteiger partial charge >= 0.3 is 6.18 Å². The van der Waals surface area contributed by atoms with Crippen molar-refractivity contribution in [2.45, 2.75) is 26.1 Å². The highest BCUT2D eigenvalue weighted by molar-refractivity contribution is 7.19. The Kier molecular flexibility index (Phi) is 5.66. The molecule has 0 saturated carbocycles. The summed E-state index contributed by atoms with van der Waals surface area (Å²) in [5, 5.41) is 4.54. The molecule has 0 aliphatic rings. The summed E-state index contributed by atoms with van der Waals surface area (Å²) in [6.07, 6.45) is -4.79. The maximum Gasteiger partial charge on any atom is 0.434 e. The minimum absolute atomic E-state index is 0.0939. The van der Waals surface area contributed by atoms with Gasteiger partial charge in [0.1, 0.15) is 5.75 Å². The largest absolute Gasteiger partial charge is 0.489 e. The minimum Gasteiger partial charge on any atom is -0.489 e. The topological polar surface area (TPSA) is 116 Å². The van der Waals surface area contributed by atoms with Crippen molar-refractivity contribution in [3.05, 3.63) is 34.8 Å². The number of hydrogen-bond donors (Lipinski definition) is 3. The lowest BCUT2D eigenvalue weighted by molar-refractivity contribution is -0.140. The van der Waals surface area contributed by atoms with Crippen molar-refractivity contribution in [2.24, 2.45) is 5.73 Å². The molecule has 1 aromatic carbocycles. The molecule has 3 aromatic rings. The molecule has 12 heteroatoms. The molecule has 7 nitrogen and oxygen atoms in total. The Bertz CT molecular complexity index is 1050. The number of nitrogens with two attached hydrogens (primary N) is 2. The number of ether oxygens (including phenoxy) is 1. The van der Waals surface area contributed by atoms with Crippen molar-refractivity contribution < 1.29 is 22.7 Å². The second-order valence-corrected chi connectivity index (χ2v) is 8.02. The maximum atomic E-state index is 13.2. The smallest absolute Gasteiger partial charge is 0.434 e. The Labute approximate surface area is 171 Å². The fourth-order valence-corrected chi connectivity index (χ4v) is 3.99. The van der Waals surface area contributed by atoms with E-state index >= 15 is 0 Å². The van der Waals surface area contributed by atoms with Gasteiger partial charge in [-0.15, -0.1) is 11.3 Å². The summed E-state index contributed by atoms with van der Waals surface area (Å²) in [7, 11) is 0. The number of alkyl halides is 3. The van der Waals surface area contributed by atoms with Gasteiger partial charge in [0.15, 0.2) is 16.0 Å². The van der Waals surface area contributed by atoms with Gasteiger partial charge in [-0.25, -0.2) is 9.97 Å². The number of benzene rings is 1. The quantitative estimate of drug-likeness (QED) is 0.517. The number of carbonyl (C=O) groups excluding carboxylic acids is 1. The normalized spacial score (nSPS) is 11.7. The molecular weight excluding hydrogens is 427 g/mol. The van der Waals surface area contributed by atoms with Crippen molar-refractivity contribution in [2.75, 3.05) is 11.1 Å². The average molecular weight is 443 g/mol. The number of hydrogen-bond acceptors (Lipinski definition) is 8. The van der Waals surface area contributed by atoms with E-state index < -0.39 is 17.8 Å². The second-order valence-electron chi connectivity index (χ2n) is 6.13. The lowest BCUT2D eigenvalue weighted by Gasteiger charge is -2.15. The number of primary amides is 1. The SMILES string of the molecule is CC(C)Oc1ccc(C(N)=O)cc1Nc1nc(-c2sc(N)nc2C(F)(F)F)cs1. The molecule has 0 aliphatic heterocycles. The van der Waals surface area contributed by atoms with Gasteiger partial charge in [0.2, 0.25) is 5.91 Å². The van der Waals surface area contributed by atoms with E-state index in [2.05, 4.69) is 15.3 Å². The second kappa shape index (κ2) is 7.87. The highest BCUT2D eigenvalue weighted by atomic mass is 32.1. The highest BCUT2D eigenvalue weighted by Gasteiger charge is 2.38. The average Bonchev–Trinajstić information content (AvgIpc) is 3.21. The minimum atomic E-state index is -4.64. The van der Waals surface area contributed by atoms with Crippen LogP contribution in [-0.4, -0.2) is 22.0 Å². The summed E-state index contributed by atoms with van der Waals surface area (Å²) in [5.74, 6) is -0.182. The Hall–Kier alpha value is -2.86. The molecule has 2 aromatic heterocycles. The Morgan fingerprint density at radius 2 is 2.00 bits per heavy atom. The number of aromatic nitrogens is 2. The Morgan fingerprint density at radius 3 is 2.62 bits per heavy atom. The van der Waals surface area contributed by atoms with Crippen LogP contribution in [0.3, 0.4) is 0 Å². The number of nitrogens with zero attached hydrogens (tertiary/aromatic N) is 2. The lowest BCUT2D eigenvalue weighted by atomic mass is 10.1.